The molecule has 0 spiro atoms. The summed E-state index contributed by atoms with van der Waals surface area (Å²) in [5.41, 5.74) is 6.30. The summed E-state index contributed by atoms with van der Waals surface area (Å²) in [7, 11) is 1.31. The molecule has 0 atom stereocenters. The lowest BCUT2D eigenvalue weighted by Crippen LogP contribution is -2.03. The summed E-state index contributed by atoms with van der Waals surface area (Å²) in [6, 6.07) is 8.37. The largest absolute Gasteiger partial charge is 0.506 e. The molecule has 0 bridgehead atoms. The van der Waals surface area contributed by atoms with Crippen molar-refractivity contribution in [3.8, 4) is 5.75 Å². The van der Waals surface area contributed by atoms with Crippen LogP contribution < -0.4 is 5.73 Å². The lowest BCUT2D eigenvalue weighted by atomic mass is 10.0. The van der Waals surface area contributed by atoms with E-state index in [1.54, 1.807) is 18.2 Å². The van der Waals surface area contributed by atoms with E-state index in [1.807, 2.05) is 6.07 Å². The van der Waals surface area contributed by atoms with Crippen LogP contribution in [0, 0.1) is 0 Å². The minimum atomic E-state index is -0.470. The highest BCUT2D eigenvalue weighted by atomic mass is 16.5. The Morgan fingerprint density at radius 3 is 2.75 bits per heavy atom. The Balaban J connectivity index is 2.84. The monoisotopic (exact) mass is 217 g/mol. The number of ether oxygens (including phenoxy) is 1. The van der Waals surface area contributed by atoms with Gasteiger partial charge in [-0.2, -0.15) is 0 Å². The second-order valence-electron chi connectivity index (χ2n) is 3.39. The number of nitrogen functional groups attached to an aromatic ring is 1. The zero-order chi connectivity index (χ0) is 11.7. The van der Waals surface area contributed by atoms with Gasteiger partial charge in [-0.3, -0.25) is 0 Å². The first-order chi connectivity index (χ1) is 7.65. The third-order valence-electron chi connectivity index (χ3n) is 2.47. The molecule has 0 aliphatic rings. The molecule has 2 aromatic rings. The number of nitrogens with two attached hydrogens (primary N) is 1. The summed E-state index contributed by atoms with van der Waals surface area (Å²) < 4.78 is 4.66. The number of phenols is 1. The van der Waals surface area contributed by atoms with Gasteiger partial charge in [-0.1, -0.05) is 18.2 Å². The van der Waals surface area contributed by atoms with E-state index >= 15 is 0 Å². The maximum Gasteiger partial charge on any atom is 0.338 e. The summed E-state index contributed by atoms with van der Waals surface area (Å²) in [6.07, 6.45) is 0. The van der Waals surface area contributed by atoms with Crippen LogP contribution in [-0.2, 0) is 4.74 Å². The zero-order valence-electron chi connectivity index (χ0n) is 8.73. The predicted molar refractivity (Wildman–Crippen MR) is 61.4 cm³/mol. The fraction of sp³-hybridized carbons (Fsp3) is 0.0833. The molecule has 0 amide bonds. The van der Waals surface area contributed by atoms with Gasteiger partial charge in [0, 0.05) is 5.39 Å². The van der Waals surface area contributed by atoms with Gasteiger partial charge in [0.25, 0.3) is 0 Å². The minimum Gasteiger partial charge on any atom is -0.506 e. The van der Waals surface area contributed by atoms with E-state index < -0.39 is 5.97 Å². The number of hydrogen-bond donors (Lipinski definition) is 2. The number of rotatable bonds is 1. The van der Waals surface area contributed by atoms with Gasteiger partial charge in [0.1, 0.15) is 5.75 Å². The topological polar surface area (TPSA) is 72.5 Å². The van der Waals surface area contributed by atoms with E-state index in [2.05, 4.69) is 4.74 Å². The van der Waals surface area contributed by atoms with Gasteiger partial charge in [-0.15, -0.1) is 0 Å². The second kappa shape index (κ2) is 3.73. The zero-order valence-corrected chi connectivity index (χ0v) is 8.73. The van der Waals surface area contributed by atoms with E-state index in [9.17, 15) is 9.90 Å². The summed E-state index contributed by atoms with van der Waals surface area (Å²) >= 11 is 0. The van der Waals surface area contributed by atoms with Crippen LogP contribution in [0.25, 0.3) is 10.8 Å². The molecule has 0 heterocycles. The van der Waals surface area contributed by atoms with Crippen molar-refractivity contribution in [2.75, 3.05) is 12.8 Å². The van der Waals surface area contributed by atoms with Crippen molar-refractivity contribution < 1.29 is 14.6 Å². The number of aromatic hydroxyl groups is 1. The van der Waals surface area contributed by atoms with Crippen LogP contribution in [0.4, 0.5) is 5.69 Å². The molecule has 0 radical (unpaired) electrons. The number of benzene rings is 2. The molecular formula is C12H11NO3. The smallest absolute Gasteiger partial charge is 0.338 e. The number of esters is 1. The number of anilines is 1. The summed E-state index contributed by atoms with van der Waals surface area (Å²) in [4.78, 5) is 11.5. The van der Waals surface area contributed by atoms with Gasteiger partial charge < -0.3 is 15.6 Å². The average Bonchev–Trinajstić information content (AvgIpc) is 2.32. The van der Waals surface area contributed by atoms with Crippen molar-refractivity contribution in [1.29, 1.82) is 0 Å². The Bertz CT molecular complexity index is 563. The quantitative estimate of drug-likeness (QED) is 0.435. The van der Waals surface area contributed by atoms with Crippen molar-refractivity contribution in [2.45, 2.75) is 0 Å². The first-order valence-corrected chi connectivity index (χ1v) is 4.73. The molecule has 0 saturated carbocycles. The summed E-state index contributed by atoms with van der Waals surface area (Å²) in [6.45, 7) is 0. The third kappa shape index (κ3) is 1.44. The van der Waals surface area contributed by atoms with Crippen LogP contribution in [0.15, 0.2) is 30.3 Å². The SMILES string of the molecule is COC(=O)c1cccc2ccc(O)c(N)c12. The number of phenolic OH excluding ortho intramolecular Hbond substituents is 1. The average molecular weight is 217 g/mol. The fourth-order valence-corrected chi connectivity index (χ4v) is 1.68. The van der Waals surface area contributed by atoms with E-state index in [0.29, 0.717) is 10.9 Å². The van der Waals surface area contributed by atoms with Crippen molar-refractivity contribution in [3.63, 3.8) is 0 Å². The first-order valence-electron chi connectivity index (χ1n) is 4.73. The van der Waals surface area contributed by atoms with E-state index in [0.717, 1.165) is 5.39 Å². The maximum absolute atomic E-state index is 11.5. The molecule has 4 nitrogen and oxygen atoms in total. The van der Waals surface area contributed by atoms with Crippen molar-refractivity contribution in [2.24, 2.45) is 0 Å². The Kier molecular flexibility index (Phi) is 2.40. The van der Waals surface area contributed by atoms with Crippen molar-refractivity contribution >= 4 is 22.4 Å². The molecule has 2 rings (SSSR count). The summed E-state index contributed by atoms with van der Waals surface area (Å²) in [5, 5.41) is 10.8. The number of hydrogen-bond acceptors (Lipinski definition) is 4. The molecular weight excluding hydrogens is 206 g/mol. The highest BCUT2D eigenvalue weighted by Gasteiger charge is 2.13. The van der Waals surface area contributed by atoms with Crippen LogP contribution >= 0.6 is 0 Å². The van der Waals surface area contributed by atoms with Gasteiger partial charge in [0.15, 0.2) is 0 Å². The molecule has 0 saturated heterocycles. The van der Waals surface area contributed by atoms with Gasteiger partial charge in [-0.25, -0.2) is 4.79 Å². The highest BCUT2D eigenvalue weighted by Crippen LogP contribution is 2.32. The molecule has 0 aliphatic carbocycles. The molecule has 0 aliphatic heterocycles. The number of carbonyl (C=O) groups excluding carboxylic acids is 1. The Labute approximate surface area is 92.3 Å². The van der Waals surface area contributed by atoms with Gasteiger partial charge >= 0.3 is 5.97 Å². The minimum absolute atomic E-state index is 0.0381. The van der Waals surface area contributed by atoms with Gasteiger partial charge in [-0.05, 0) is 17.5 Å². The van der Waals surface area contributed by atoms with Gasteiger partial charge in [0.05, 0.1) is 18.4 Å². The van der Waals surface area contributed by atoms with Crippen molar-refractivity contribution in [1.82, 2.24) is 0 Å². The summed E-state index contributed by atoms with van der Waals surface area (Å²) in [5.74, 6) is -0.508. The maximum atomic E-state index is 11.5. The predicted octanol–water partition coefficient (Wildman–Crippen LogP) is 1.91. The Hall–Kier alpha value is -2.23. The Morgan fingerprint density at radius 2 is 2.06 bits per heavy atom. The van der Waals surface area contributed by atoms with E-state index in [1.165, 1.54) is 13.2 Å². The van der Waals surface area contributed by atoms with E-state index in [4.69, 9.17) is 5.73 Å². The standard InChI is InChI=1S/C12H11NO3/c1-16-12(15)8-4-2-3-7-5-6-9(14)11(13)10(7)8/h2-6,14H,13H2,1H3. The molecule has 16 heavy (non-hydrogen) atoms. The number of carbonyl (C=O) groups is 1. The number of methoxy groups -OCH3 is 1. The van der Waals surface area contributed by atoms with Gasteiger partial charge in [0.2, 0.25) is 0 Å². The lowest BCUT2D eigenvalue weighted by molar-refractivity contribution is 0.0603. The molecule has 0 unspecified atom stereocenters. The molecule has 3 N–H and O–H groups in total. The van der Waals surface area contributed by atoms with Crippen molar-refractivity contribution in [3.05, 3.63) is 35.9 Å². The molecule has 2 aromatic carbocycles. The second-order valence-corrected chi connectivity index (χ2v) is 3.39. The first kappa shape index (κ1) is 10.3. The molecule has 0 fully saturated rings. The third-order valence-corrected chi connectivity index (χ3v) is 2.47. The van der Waals surface area contributed by atoms with Crippen LogP contribution in [0.3, 0.4) is 0 Å². The lowest BCUT2D eigenvalue weighted by Gasteiger charge is -2.08. The molecule has 4 heteroatoms. The van der Waals surface area contributed by atoms with Crippen LogP contribution in [0.1, 0.15) is 10.4 Å². The normalized spacial score (nSPS) is 10.3. The van der Waals surface area contributed by atoms with Crippen LogP contribution in [0.5, 0.6) is 5.75 Å². The van der Waals surface area contributed by atoms with Crippen LogP contribution in [0.2, 0.25) is 0 Å². The highest BCUT2D eigenvalue weighted by molar-refractivity contribution is 6.10. The van der Waals surface area contributed by atoms with Crippen LogP contribution in [-0.4, -0.2) is 18.2 Å². The fourth-order valence-electron chi connectivity index (χ4n) is 1.68. The molecule has 0 aromatic heterocycles. The Morgan fingerprint density at radius 1 is 1.31 bits per heavy atom. The molecule has 82 valence electrons. The number of fused-ring (bicyclic) bond motifs is 1. The van der Waals surface area contributed by atoms with E-state index in [-0.39, 0.29) is 11.4 Å².